The van der Waals surface area contributed by atoms with Crippen LogP contribution in [0.4, 0.5) is 27.6 Å². The number of nitrogens with zero attached hydrogens (tertiary/aromatic N) is 2. The van der Waals surface area contributed by atoms with Crippen molar-refractivity contribution in [3.63, 3.8) is 0 Å². The number of nitrogens with one attached hydrogen (secondary N) is 1. The third-order valence-corrected chi connectivity index (χ3v) is 3.99. The minimum atomic E-state index is -4.75. The molecule has 3 aromatic rings. The number of halogens is 5. The molecule has 0 aliphatic rings. The Labute approximate surface area is 151 Å². The summed E-state index contributed by atoms with van der Waals surface area (Å²) < 4.78 is 90.2. The van der Waals surface area contributed by atoms with Crippen molar-refractivity contribution in [2.75, 3.05) is 4.72 Å². The van der Waals surface area contributed by atoms with E-state index in [1.165, 1.54) is 24.3 Å². The Kier molecular flexibility index (Phi) is 4.87. The smallest absolute Gasteiger partial charge is 0.286 e. The second kappa shape index (κ2) is 6.99. The zero-order chi connectivity index (χ0) is 19.8. The van der Waals surface area contributed by atoms with Gasteiger partial charge in [-0.2, -0.15) is 18.3 Å². The second-order valence-electron chi connectivity index (χ2n) is 5.37. The number of aromatic nitrogens is 2. The maximum Gasteiger partial charge on any atom is 0.435 e. The van der Waals surface area contributed by atoms with Gasteiger partial charge in [0.15, 0.2) is 17.3 Å². The highest BCUT2D eigenvalue weighted by atomic mass is 32.2. The molecule has 0 amide bonds. The van der Waals surface area contributed by atoms with Crippen molar-refractivity contribution in [1.82, 2.24) is 9.78 Å². The average molecular weight is 403 g/mol. The molecule has 11 heteroatoms. The lowest BCUT2D eigenvalue weighted by Crippen LogP contribution is -2.07. The molecule has 0 atom stereocenters. The monoisotopic (exact) mass is 403 g/mol. The number of rotatable bonds is 4. The van der Waals surface area contributed by atoms with Crippen LogP contribution in [0.1, 0.15) is 5.69 Å². The predicted octanol–water partition coefficient (Wildman–Crippen LogP) is 3.77. The van der Waals surface area contributed by atoms with Gasteiger partial charge >= 0.3 is 6.18 Å². The van der Waals surface area contributed by atoms with E-state index < -0.39 is 34.4 Å². The average Bonchev–Trinajstić information content (AvgIpc) is 3.03. The molecule has 0 radical (unpaired) electrons. The van der Waals surface area contributed by atoms with Gasteiger partial charge < -0.3 is 0 Å². The van der Waals surface area contributed by atoms with Gasteiger partial charge in [-0.25, -0.2) is 21.9 Å². The topological polar surface area (TPSA) is 64.0 Å². The van der Waals surface area contributed by atoms with Crippen LogP contribution in [0.25, 0.3) is 16.9 Å². The minimum Gasteiger partial charge on any atom is -0.286 e. The number of hydrogen-bond acceptors (Lipinski definition) is 3. The van der Waals surface area contributed by atoms with Crippen molar-refractivity contribution in [2.45, 2.75) is 6.18 Å². The third-order valence-electron chi connectivity index (χ3n) is 3.55. The van der Waals surface area contributed by atoms with E-state index in [-0.39, 0.29) is 22.6 Å². The Morgan fingerprint density at radius 1 is 0.926 bits per heavy atom. The lowest BCUT2D eigenvalue weighted by Gasteiger charge is -2.09. The summed E-state index contributed by atoms with van der Waals surface area (Å²) in [6.45, 7) is 0. The summed E-state index contributed by atoms with van der Waals surface area (Å²) >= 11 is 0. The Morgan fingerprint density at radius 3 is 2.15 bits per heavy atom. The van der Waals surface area contributed by atoms with E-state index in [1.54, 1.807) is 0 Å². The molecule has 2 aromatic carbocycles. The van der Waals surface area contributed by atoms with Crippen LogP contribution in [0.3, 0.4) is 0 Å². The molecule has 1 N–H and O–H groups in total. The SMILES string of the molecule is O=[SH](=O)Nc1ccc(-n2nc(C(F)(F)F)cc2-c2ccc(F)c(F)c2)cc1. The summed E-state index contributed by atoms with van der Waals surface area (Å²) in [5.41, 5.74) is -0.977. The molecule has 1 heterocycles. The fraction of sp³-hybridized carbons (Fsp3) is 0.0625. The van der Waals surface area contributed by atoms with Gasteiger partial charge in [-0.3, -0.25) is 4.72 Å². The first-order valence-corrected chi connectivity index (χ1v) is 8.47. The lowest BCUT2D eigenvalue weighted by atomic mass is 10.1. The zero-order valence-electron chi connectivity index (χ0n) is 13.2. The van der Waals surface area contributed by atoms with Gasteiger partial charge in [0.05, 0.1) is 11.4 Å². The van der Waals surface area contributed by atoms with Gasteiger partial charge in [0.1, 0.15) is 0 Å². The number of anilines is 1. The molecule has 0 aliphatic heterocycles. The van der Waals surface area contributed by atoms with Crippen molar-refractivity contribution in [3.05, 3.63) is 65.9 Å². The fourth-order valence-corrected chi connectivity index (χ4v) is 2.72. The molecular formula is C16H10F5N3O2S. The van der Waals surface area contributed by atoms with Gasteiger partial charge in [-0.05, 0) is 48.5 Å². The Balaban J connectivity index is 2.13. The van der Waals surface area contributed by atoms with Gasteiger partial charge in [0, 0.05) is 11.3 Å². The van der Waals surface area contributed by atoms with E-state index >= 15 is 0 Å². The molecule has 5 nitrogen and oxygen atoms in total. The molecule has 3 rings (SSSR count). The summed E-state index contributed by atoms with van der Waals surface area (Å²) in [7, 11) is -2.90. The van der Waals surface area contributed by atoms with Crippen LogP contribution in [0.5, 0.6) is 0 Å². The summed E-state index contributed by atoms with van der Waals surface area (Å²) in [6, 6.07) is 8.72. The van der Waals surface area contributed by atoms with Crippen LogP contribution in [-0.2, 0) is 17.1 Å². The van der Waals surface area contributed by atoms with Gasteiger partial charge in [-0.1, -0.05) is 0 Å². The Bertz CT molecular complexity index is 1050. The maximum atomic E-state index is 13.5. The lowest BCUT2D eigenvalue weighted by molar-refractivity contribution is -0.141. The Hall–Kier alpha value is -2.95. The standard InChI is InChI=1S/C16H10F5N3O2S/c17-12-6-1-9(7-13(12)18)14-8-15(16(19,20)21)22-24(14)11-4-2-10(3-5-11)23-27(25)26/h1-8,27H,(H,23,25,26). The van der Waals surface area contributed by atoms with Crippen LogP contribution in [0, 0.1) is 11.6 Å². The molecule has 0 bridgehead atoms. The molecule has 1 aromatic heterocycles. The van der Waals surface area contributed by atoms with Crippen molar-refractivity contribution >= 4 is 16.6 Å². The van der Waals surface area contributed by atoms with Crippen molar-refractivity contribution in [3.8, 4) is 16.9 Å². The largest absolute Gasteiger partial charge is 0.435 e. The van der Waals surface area contributed by atoms with Crippen molar-refractivity contribution < 1.29 is 30.4 Å². The molecule has 0 saturated heterocycles. The molecule has 0 fully saturated rings. The third kappa shape index (κ3) is 4.08. The number of thiol groups is 1. The molecule has 0 aliphatic carbocycles. The van der Waals surface area contributed by atoms with Crippen molar-refractivity contribution in [2.24, 2.45) is 0 Å². The fourth-order valence-electron chi connectivity index (χ4n) is 2.36. The number of benzene rings is 2. The number of hydrogen-bond donors (Lipinski definition) is 2. The van der Waals surface area contributed by atoms with E-state index in [4.69, 9.17) is 0 Å². The van der Waals surface area contributed by atoms with Gasteiger partial charge in [-0.15, -0.1) is 0 Å². The molecule has 0 saturated carbocycles. The summed E-state index contributed by atoms with van der Waals surface area (Å²) in [4.78, 5) is 0. The van der Waals surface area contributed by atoms with E-state index in [0.29, 0.717) is 6.07 Å². The quantitative estimate of drug-likeness (QED) is 0.515. The van der Waals surface area contributed by atoms with Crippen LogP contribution in [0.15, 0.2) is 48.5 Å². The van der Waals surface area contributed by atoms with Gasteiger partial charge in [0.25, 0.3) is 0 Å². The highest BCUT2D eigenvalue weighted by Crippen LogP contribution is 2.33. The van der Waals surface area contributed by atoms with Crippen molar-refractivity contribution in [1.29, 1.82) is 0 Å². The summed E-state index contributed by atoms with van der Waals surface area (Å²) in [5.74, 6) is -2.35. The maximum absolute atomic E-state index is 13.5. The Morgan fingerprint density at radius 2 is 1.59 bits per heavy atom. The first-order valence-electron chi connectivity index (χ1n) is 7.29. The highest BCUT2D eigenvalue weighted by molar-refractivity contribution is 7.73. The molecule has 0 spiro atoms. The van der Waals surface area contributed by atoms with Crippen LogP contribution < -0.4 is 4.72 Å². The van der Waals surface area contributed by atoms with E-state index in [1.807, 2.05) is 0 Å². The zero-order valence-corrected chi connectivity index (χ0v) is 14.1. The number of alkyl halides is 3. The van der Waals surface area contributed by atoms with Crippen LogP contribution in [0.2, 0.25) is 0 Å². The molecular weight excluding hydrogens is 393 g/mol. The van der Waals surface area contributed by atoms with E-state index in [2.05, 4.69) is 9.82 Å². The summed E-state index contributed by atoms with van der Waals surface area (Å²) in [5, 5.41) is 3.51. The summed E-state index contributed by atoms with van der Waals surface area (Å²) in [6.07, 6.45) is -4.75. The highest BCUT2D eigenvalue weighted by Gasteiger charge is 2.35. The first-order chi connectivity index (χ1) is 12.6. The first kappa shape index (κ1) is 18.8. The second-order valence-corrected chi connectivity index (χ2v) is 6.11. The van der Waals surface area contributed by atoms with E-state index in [0.717, 1.165) is 22.9 Å². The normalized spacial score (nSPS) is 11.8. The predicted molar refractivity (Wildman–Crippen MR) is 87.9 cm³/mol. The van der Waals surface area contributed by atoms with Crippen LogP contribution in [-0.4, -0.2) is 18.2 Å². The minimum absolute atomic E-state index is 0.0123. The van der Waals surface area contributed by atoms with E-state index in [9.17, 15) is 30.4 Å². The van der Waals surface area contributed by atoms with Crippen LogP contribution >= 0.6 is 0 Å². The molecule has 142 valence electrons. The molecule has 0 unspecified atom stereocenters. The van der Waals surface area contributed by atoms with Gasteiger partial charge in [0.2, 0.25) is 10.9 Å². The molecule has 27 heavy (non-hydrogen) atoms.